The Morgan fingerprint density at radius 2 is 1.83 bits per heavy atom. The number of carbonyl (C=O) groups is 1. The summed E-state index contributed by atoms with van der Waals surface area (Å²) in [6.07, 6.45) is 0.317. The Morgan fingerprint density at radius 1 is 1.04 bits per heavy atom. The molecule has 4 nitrogen and oxygen atoms in total. The van der Waals surface area contributed by atoms with Crippen molar-refractivity contribution in [2.45, 2.75) is 26.8 Å². The van der Waals surface area contributed by atoms with Gasteiger partial charge in [-0.2, -0.15) is 0 Å². The molecule has 0 bridgehead atoms. The van der Waals surface area contributed by atoms with Crippen LogP contribution in [0.4, 0.5) is 0 Å². The zero-order valence-electron chi connectivity index (χ0n) is 13.8. The van der Waals surface area contributed by atoms with E-state index >= 15 is 0 Å². The Bertz CT molecular complexity index is 957. The van der Waals surface area contributed by atoms with Gasteiger partial charge in [0.2, 0.25) is 5.91 Å². The molecule has 0 fully saturated rings. The van der Waals surface area contributed by atoms with Crippen LogP contribution >= 0.6 is 0 Å². The van der Waals surface area contributed by atoms with E-state index in [1.807, 2.05) is 62.4 Å². The molecule has 24 heavy (non-hydrogen) atoms. The molecular formula is C20H20N2O2. The summed E-state index contributed by atoms with van der Waals surface area (Å²) in [6.45, 7) is 4.22. The van der Waals surface area contributed by atoms with E-state index < -0.39 is 0 Å². The van der Waals surface area contributed by atoms with E-state index in [2.05, 4.69) is 10.3 Å². The van der Waals surface area contributed by atoms with Gasteiger partial charge in [-0.1, -0.05) is 35.9 Å². The molecule has 2 N–H and O–H groups in total. The number of hydrogen-bond acceptors (Lipinski definition) is 2. The van der Waals surface area contributed by atoms with Crippen molar-refractivity contribution in [1.82, 2.24) is 10.3 Å². The topological polar surface area (TPSA) is 62.0 Å². The number of amides is 1. The van der Waals surface area contributed by atoms with E-state index in [4.69, 9.17) is 0 Å². The van der Waals surface area contributed by atoms with Crippen molar-refractivity contribution in [1.29, 1.82) is 0 Å². The van der Waals surface area contributed by atoms with Crippen molar-refractivity contribution in [3.8, 4) is 0 Å². The van der Waals surface area contributed by atoms with Gasteiger partial charge in [0.1, 0.15) is 0 Å². The summed E-state index contributed by atoms with van der Waals surface area (Å²) in [5, 5.41) is 3.81. The van der Waals surface area contributed by atoms with Crippen molar-refractivity contribution in [2.24, 2.45) is 0 Å². The first-order valence-corrected chi connectivity index (χ1v) is 7.97. The van der Waals surface area contributed by atoms with Gasteiger partial charge >= 0.3 is 0 Å². The molecule has 122 valence electrons. The fourth-order valence-corrected chi connectivity index (χ4v) is 2.74. The Hall–Kier alpha value is -2.88. The van der Waals surface area contributed by atoms with Crippen molar-refractivity contribution < 1.29 is 4.79 Å². The normalized spacial score (nSPS) is 10.8. The van der Waals surface area contributed by atoms with E-state index in [9.17, 15) is 9.59 Å². The van der Waals surface area contributed by atoms with Gasteiger partial charge < -0.3 is 10.3 Å². The number of fused-ring (bicyclic) bond motifs is 1. The number of pyridine rings is 1. The van der Waals surface area contributed by atoms with E-state index in [-0.39, 0.29) is 18.0 Å². The van der Waals surface area contributed by atoms with Gasteiger partial charge in [-0.3, -0.25) is 9.59 Å². The average Bonchev–Trinajstić information content (AvgIpc) is 2.55. The Morgan fingerprint density at radius 3 is 2.62 bits per heavy atom. The summed E-state index contributed by atoms with van der Waals surface area (Å²) < 4.78 is 0. The molecule has 0 aliphatic rings. The monoisotopic (exact) mass is 320 g/mol. The first-order chi connectivity index (χ1) is 11.5. The molecular weight excluding hydrogens is 300 g/mol. The average molecular weight is 320 g/mol. The number of nitrogens with one attached hydrogen (secondary N) is 2. The molecule has 0 unspecified atom stereocenters. The second-order valence-electron chi connectivity index (χ2n) is 6.09. The number of aromatic amines is 1. The lowest BCUT2D eigenvalue weighted by Gasteiger charge is -2.08. The highest BCUT2D eigenvalue weighted by atomic mass is 16.1. The van der Waals surface area contributed by atoms with Gasteiger partial charge in [-0.15, -0.1) is 0 Å². The molecule has 3 rings (SSSR count). The van der Waals surface area contributed by atoms with E-state index in [0.717, 1.165) is 27.6 Å². The van der Waals surface area contributed by atoms with Crippen LogP contribution in [0.2, 0.25) is 0 Å². The lowest BCUT2D eigenvalue weighted by atomic mass is 10.1. The predicted octanol–water partition coefficient (Wildman–Crippen LogP) is 3.00. The SMILES string of the molecule is Cc1ccc2[nH]c(=O)c(CNC(=O)Cc3ccccc3C)cc2c1. The van der Waals surface area contributed by atoms with E-state index in [0.29, 0.717) is 12.0 Å². The van der Waals surface area contributed by atoms with Crippen LogP contribution in [0.25, 0.3) is 10.9 Å². The van der Waals surface area contributed by atoms with Gasteiger partial charge in [0.05, 0.1) is 6.42 Å². The summed E-state index contributed by atoms with van der Waals surface area (Å²) in [5.41, 5.74) is 4.42. The molecule has 0 aliphatic carbocycles. The van der Waals surface area contributed by atoms with Crippen LogP contribution in [0.5, 0.6) is 0 Å². The quantitative estimate of drug-likeness (QED) is 0.776. The predicted molar refractivity (Wildman–Crippen MR) is 96.0 cm³/mol. The summed E-state index contributed by atoms with van der Waals surface area (Å²) in [5.74, 6) is -0.0898. The molecule has 0 saturated carbocycles. The van der Waals surface area contributed by atoms with Gasteiger partial charge in [0.25, 0.3) is 5.56 Å². The van der Waals surface area contributed by atoms with Crippen molar-refractivity contribution in [3.05, 3.63) is 81.1 Å². The smallest absolute Gasteiger partial charge is 0.253 e. The molecule has 1 amide bonds. The number of benzene rings is 2. The molecule has 0 atom stereocenters. The van der Waals surface area contributed by atoms with Gasteiger partial charge in [-0.25, -0.2) is 0 Å². The maximum absolute atomic E-state index is 12.1. The highest BCUT2D eigenvalue weighted by Crippen LogP contribution is 2.13. The zero-order chi connectivity index (χ0) is 17.1. The third-order valence-corrected chi connectivity index (χ3v) is 4.16. The van der Waals surface area contributed by atoms with E-state index in [1.54, 1.807) is 0 Å². The third kappa shape index (κ3) is 3.54. The number of aromatic nitrogens is 1. The summed E-state index contributed by atoms with van der Waals surface area (Å²) >= 11 is 0. The first-order valence-electron chi connectivity index (χ1n) is 7.97. The summed E-state index contributed by atoms with van der Waals surface area (Å²) in [4.78, 5) is 27.1. The summed E-state index contributed by atoms with van der Waals surface area (Å²) in [6, 6.07) is 15.5. The number of rotatable bonds is 4. The number of H-pyrrole nitrogens is 1. The molecule has 0 saturated heterocycles. The largest absolute Gasteiger partial charge is 0.352 e. The molecule has 0 aliphatic heterocycles. The van der Waals surface area contributed by atoms with Crippen LogP contribution in [0, 0.1) is 13.8 Å². The minimum atomic E-state index is -0.164. The second-order valence-corrected chi connectivity index (χ2v) is 6.09. The highest BCUT2D eigenvalue weighted by molar-refractivity contribution is 5.81. The third-order valence-electron chi connectivity index (χ3n) is 4.16. The Kier molecular flexibility index (Phi) is 4.47. The second kappa shape index (κ2) is 6.71. The highest BCUT2D eigenvalue weighted by Gasteiger charge is 2.08. The summed E-state index contributed by atoms with van der Waals surface area (Å²) in [7, 11) is 0. The minimum Gasteiger partial charge on any atom is -0.352 e. The molecule has 1 heterocycles. The zero-order valence-corrected chi connectivity index (χ0v) is 13.8. The van der Waals surface area contributed by atoms with Crippen LogP contribution in [0.15, 0.2) is 53.3 Å². The fraction of sp³-hybridized carbons (Fsp3) is 0.200. The maximum atomic E-state index is 12.1. The maximum Gasteiger partial charge on any atom is 0.253 e. The van der Waals surface area contributed by atoms with Crippen LogP contribution in [0.1, 0.15) is 22.3 Å². The van der Waals surface area contributed by atoms with Gasteiger partial charge in [0, 0.05) is 17.6 Å². The minimum absolute atomic E-state index is 0.0898. The lowest BCUT2D eigenvalue weighted by molar-refractivity contribution is -0.120. The first kappa shape index (κ1) is 16.0. The Balaban J connectivity index is 1.73. The molecule has 4 heteroatoms. The number of hydrogen-bond donors (Lipinski definition) is 2. The number of carbonyl (C=O) groups excluding carboxylic acids is 1. The van der Waals surface area contributed by atoms with Crippen LogP contribution in [-0.2, 0) is 17.8 Å². The van der Waals surface area contributed by atoms with Crippen molar-refractivity contribution in [2.75, 3.05) is 0 Å². The molecule has 0 radical (unpaired) electrons. The van der Waals surface area contributed by atoms with Crippen LogP contribution in [0.3, 0.4) is 0 Å². The lowest BCUT2D eigenvalue weighted by Crippen LogP contribution is -2.28. The van der Waals surface area contributed by atoms with Crippen LogP contribution in [-0.4, -0.2) is 10.9 Å². The van der Waals surface area contributed by atoms with Crippen molar-refractivity contribution in [3.63, 3.8) is 0 Å². The standard InChI is InChI=1S/C20H20N2O2/c1-13-7-8-18-16(9-13)10-17(20(24)22-18)12-21-19(23)11-15-6-4-3-5-14(15)2/h3-10H,11-12H2,1-2H3,(H,21,23)(H,22,24). The molecule has 1 aromatic heterocycles. The van der Waals surface area contributed by atoms with E-state index in [1.165, 1.54) is 0 Å². The fourth-order valence-electron chi connectivity index (χ4n) is 2.74. The molecule has 3 aromatic rings. The van der Waals surface area contributed by atoms with Gasteiger partial charge in [0.15, 0.2) is 0 Å². The number of aryl methyl sites for hydroxylation is 2. The van der Waals surface area contributed by atoms with Crippen LogP contribution < -0.4 is 10.9 Å². The van der Waals surface area contributed by atoms with Gasteiger partial charge in [-0.05, 0) is 48.6 Å². The Labute approximate surface area is 140 Å². The molecule has 2 aromatic carbocycles. The molecule has 0 spiro atoms. The van der Waals surface area contributed by atoms with Crippen molar-refractivity contribution >= 4 is 16.8 Å².